The van der Waals surface area contributed by atoms with Gasteiger partial charge in [0, 0.05) is 74.1 Å². The largest absolute Gasteiger partial charge is 0.390 e. The molecule has 2 aliphatic heterocycles. The number of piperazine rings is 1. The number of benzene rings is 2. The second-order valence-electron chi connectivity index (χ2n) is 9.42. The van der Waals surface area contributed by atoms with E-state index < -0.39 is 6.10 Å². The summed E-state index contributed by atoms with van der Waals surface area (Å²) in [5.74, 6) is 0. The predicted octanol–water partition coefficient (Wildman–Crippen LogP) is 3.21. The highest BCUT2D eigenvalue weighted by Gasteiger charge is 2.25. The van der Waals surface area contributed by atoms with Crippen molar-refractivity contribution in [2.75, 3.05) is 44.2 Å². The van der Waals surface area contributed by atoms with E-state index in [9.17, 15) is 10.4 Å². The molecule has 3 aromatic rings. The van der Waals surface area contributed by atoms with Gasteiger partial charge in [0.05, 0.1) is 29.6 Å². The van der Waals surface area contributed by atoms with Gasteiger partial charge in [0.2, 0.25) is 0 Å². The first kappa shape index (κ1) is 23.8. The van der Waals surface area contributed by atoms with E-state index in [4.69, 9.17) is 16.7 Å². The highest BCUT2D eigenvalue weighted by Crippen LogP contribution is 2.30. The van der Waals surface area contributed by atoms with Crippen LogP contribution in [-0.2, 0) is 19.5 Å². The molecule has 0 spiro atoms. The lowest BCUT2D eigenvalue weighted by atomic mass is 10.0. The summed E-state index contributed by atoms with van der Waals surface area (Å²) in [7, 11) is 0. The SMILES string of the molecule is Cc1cc(-c2nn(CC(O)CN3CCN(c4ccccc4C#N)CC3)c3c2CNCC3)ccc1Cl. The fourth-order valence-corrected chi connectivity index (χ4v) is 5.28. The Bertz CT molecular complexity index is 1240. The number of nitrogens with one attached hydrogen (secondary N) is 1. The maximum Gasteiger partial charge on any atom is 0.101 e. The van der Waals surface area contributed by atoms with Gasteiger partial charge >= 0.3 is 0 Å². The number of nitrogens with zero attached hydrogens (tertiary/aromatic N) is 5. The van der Waals surface area contributed by atoms with Gasteiger partial charge in [-0.3, -0.25) is 9.58 Å². The highest BCUT2D eigenvalue weighted by atomic mass is 35.5. The molecule has 2 aliphatic rings. The van der Waals surface area contributed by atoms with Crippen molar-refractivity contribution in [3.05, 3.63) is 69.9 Å². The normalized spacial score (nSPS) is 17.1. The van der Waals surface area contributed by atoms with Crippen molar-refractivity contribution in [1.29, 1.82) is 5.26 Å². The molecule has 3 heterocycles. The number of nitriles is 1. The molecule has 35 heavy (non-hydrogen) atoms. The van der Waals surface area contributed by atoms with Crippen LogP contribution in [0.5, 0.6) is 0 Å². The molecule has 0 amide bonds. The molecule has 0 aliphatic carbocycles. The van der Waals surface area contributed by atoms with E-state index in [0.717, 1.165) is 73.2 Å². The summed E-state index contributed by atoms with van der Waals surface area (Å²) in [6.45, 7) is 8.19. The molecule has 1 atom stereocenters. The number of hydrogen-bond donors (Lipinski definition) is 2. The van der Waals surface area contributed by atoms with Crippen molar-refractivity contribution in [2.24, 2.45) is 0 Å². The van der Waals surface area contributed by atoms with Gasteiger partial charge in [0.25, 0.3) is 0 Å². The molecule has 8 heteroatoms. The monoisotopic (exact) mass is 490 g/mol. The zero-order valence-corrected chi connectivity index (χ0v) is 20.8. The van der Waals surface area contributed by atoms with Crippen LogP contribution in [0.1, 0.15) is 22.4 Å². The number of hydrogen-bond acceptors (Lipinski definition) is 6. The van der Waals surface area contributed by atoms with Crippen LogP contribution in [0, 0.1) is 18.3 Å². The molecule has 7 nitrogen and oxygen atoms in total. The molecule has 2 aromatic carbocycles. The molecular formula is C27H31ClN6O. The molecule has 0 saturated carbocycles. The topological polar surface area (TPSA) is 80.3 Å². The number of aliphatic hydroxyl groups excluding tert-OH is 1. The first-order valence-corrected chi connectivity index (χ1v) is 12.6. The zero-order valence-electron chi connectivity index (χ0n) is 20.0. The minimum Gasteiger partial charge on any atom is -0.390 e. The van der Waals surface area contributed by atoms with Gasteiger partial charge in [0.1, 0.15) is 6.07 Å². The first-order chi connectivity index (χ1) is 17.0. The van der Waals surface area contributed by atoms with Gasteiger partial charge in [-0.15, -0.1) is 0 Å². The van der Waals surface area contributed by atoms with E-state index in [2.05, 4.69) is 27.3 Å². The number of rotatable bonds is 6. The first-order valence-electron chi connectivity index (χ1n) is 12.2. The Morgan fingerprint density at radius 2 is 1.94 bits per heavy atom. The van der Waals surface area contributed by atoms with E-state index in [1.165, 1.54) is 11.3 Å². The van der Waals surface area contributed by atoms with E-state index in [0.29, 0.717) is 18.7 Å². The summed E-state index contributed by atoms with van der Waals surface area (Å²) in [6.07, 6.45) is 0.394. The van der Waals surface area contributed by atoms with Crippen LogP contribution < -0.4 is 10.2 Å². The summed E-state index contributed by atoms with van der Waals surface area (Å²) in [4.78, 5) is 4.57. The molecule has 1 aromatic heterocycles. The molecule has 0 radical (unpaired) electrons. The number of aromatic nitrogens is 2. The molecule has 0 bridgehead atoms. The van der Waals surface area contributed by atoms with Gasteiger partial charge < -0.3 is 15.3 Å². The minimum absolute atomic E-state index is 0.479. The average molecular weight is 491 g/mol. The van der Waals surface area contributed by atoms with Crippen molar-refractivity contribution in [1.82, 2.24) is 20.0 Å². The Morgan fingerprint density at radius 3 is 2.71 bits per heavy atom. The van der Waals surface area contributed by atoms with Crippen LogP contribution in [0.15, 0.2) is 42.5 Å². The Balaban J connectivity index is 1.25. The number of aryl methyl sites for hydroxylation is 1. The number of fused-ring (bicyclic) bond motifs is 1. The fraction of sp³-hybridized carbons (Fsp3) is 0.407. The average Bonchev–Trinajstić information content (AvgIpc) is 3.24. The van der Waals surface area contributed by atoms with Crippen molar-refractivity contribution in [3.8, 4) is 17.3 Å². The van der Waals surface area contributed by atoms with E-state index in [1.54, 1.807) is 0 Å². The number of anilines is 1. The lowest BCUT2D eigenvalue weighted by Gasteiger charge is -2.37. The molecule has 1 unspecified atom stereocenters. The fourth-order valence-electron chi connectivity index (χ4n) is 5.17. The van der Waals surface area contributed by atoms with Crippen LogP contribution in [0.4, 0.5) is 5.69 Å². The van der Waals surface area contributed by atoms with Crippen LogP contribution >= 0.6 is 11.6 Å². The number of β-amino-alcohol motifs (C(OH)–C–C–N with tert-alkyl or cyclic N) is 1. The van der Waals surface area contributed by atoms with E-state index in [1.807, 2.05) is 48.0 Å². The second-order valence-corrected chi connectivity index (χ2v) is 9.82. The molecule has 182 valence electrons. The smallest absolute Gasteiger partial charge is 0.101 e. The maximum absolute atomic E-state index is 11.0. The van der Waals surface area contributed by atoms with Crippen LogP contribution in [0.25, 0.3) is 11.3 Å². The van der Waals surface area contributed by atoms with Gasteiger partial charge in [-0.05, 0) is 36.8 Å². The molecule has 2 N–H and O–H groups in total. The van der Waals surface area contributed by atoms with Gasteiger partial charge in [-0.1, -0.05) is 29.8 Å². The quantitative estimate of drug-likeness (QED) is 0.552. The third-order valence-electron chi connectivity index (χ3n) is 7.03. The maximum atomic E-state index is 11.0. The number of para-hydroxylation sites is 1. The lowest BCUT2D eigenvalue weighted by Crippen LogP contribution is -2.49. The highest BCUT2D eigenvalue weighted by molar-refractivity contribution is 6.31. The van der Waals surface area contributed by atoms with Crippen LogP contribution in [0.3, 0.4) is 0 Å². The van der Waals surface area contributed by atoms with Crippen molar-refractivity contribution in [2.45, 2.75) is 32.5 Å². The summed E-state index contributed by atoms with van der Waals surface area (Å²) in [5.41, 5.74) is 7.21. The van der Waals surface area contributed by atoms with E-state index in [-0.39, 0.29) is 0 Å². The molecule has 1 fully saturated rings. The summed E-state index contributed by atoms with van der Waals surface area (Å²) >= 11 is 6.24. The standard InChI is InChI=1S/C27H31ClN6O/c1-19-14-20(6-7-24(19)28)27-23-16-30-9-8-26(23)34(31-27)18-22(35)17-32-10-12-33(13-11-32)25-5-3-2-4-21(25)15-29/h2-7,14,22,30,35H,8-13,16-18H2,1H3. The third-order valence-corrected chi connectivity index (χ3v) is 7.45. The number of aliphatic hydroxyl groups is 1. The van der Waals surface area contributed by atoms with Crippen molar-refractivity contribution < 1.29 is 5.11 Å². The second kappa shape index (κ2) is 10.4. The summed E-state index contributed by atoms with van der Waals surface area (Å²) < 4.78 is 2.01. The van der Waals surface area contributed by atoms with Gasteiger partial charge in [-0.2, -0.15) is 10.4 Å². The summed E-state index contributed by atoms with van der Waals surface area (Å²) in [5, 5.41) is 29.6. The predicted molar refractivity (Wildman–Crippen MR) is 139 cm³/mol. The van der Waals surface area contributed by atoms with E-state index >= 15 is 0 Å². The Kier molecular flexibility index (Phi) is 7.07. The lowest BCUT2D eigenvalue weighted by molar-refractivity contribution is 0.0912. The Morgan fingerprint density at radius 1 is 1.14 bits per heavy atom. The third kappa shape index (κ3) is 5.07. The van der Waals surface area contributed by atoms with Crippen LogP contribution in [0.2, 0.25) is 5.02 Å². The summed E-state index contributed by atoms with van der Waals surface area (Å²) in [6, 6.07) is 16.1. The van der Waals surface area contributed by atoms with Gasteiger partial charge in [0.15, 0.2) is 0 Å². The Hall–Kier alpha value is -2.89. The van der Waals surface area contributed by atoms with Crippen molar-refractivity contribution >= 4 is 17.3 Å². The molecule has 5 rings (SSSR count). The van der Waals surface area contributed by atoms with Crippen LogP contribution in [-0.4, -0.2) is 65.2 Å². The van der Waals surface area contributed by atoms with Gasteiger partial charge in [-0.25, -0.2) is 0 Å². The molecule has 1 saturated heterocycles. The zero-order chi connectivity index (χ0) is 24.4. The molecular weight excluding hydrogens is 460 g/mol. The Labute approximate surface area is 211 Å². The number of halogens is 1. The van der Waals surface area contributed by atoms with Crippen molar-refractivity contribution in [3.63, 3.8) is 0 Å². The minimum atomic E-state index is -0.508.